The van der Waals surface area contributed by atoms with E-state index in [1.165, 1.54) is 0 Å². The summed E-state index contributed by atoms with van der Waals surface area (Å²) in [6.07, 6.45) is 2.72. The Bertz CT molecular complexity index is 413. The number of carbonyl (C=O) groups excluding carboxylic acids is 1. The summed E-state index contributed by atoms with van der Waals surface area (Å²) in [5.74, 6) is 0.181. The van der Waals surface area contributed by atoms with Gasteiger partial charge in [-0.1, -0.05) is 39.0 Å². The molecule has 0 saturated carbocycles. The van der Waals surface area contributed by atoms with E-state index in [4.69, 9.17) is 4.74 Å². The van der Waals surface area contributed by atoms with Crippen molar-refractivity contribution in [2.45, 2.75) is 53.1 Å². The van der Waals surface area contributed by atoms with Gasteiger partial charge in [-0.3, -0.25) is 4.79 Å². The Hall–Kier alpha value is -1.35. The summed E-state index contributed by atoms with van der Waals surface area (Å²) in [4.78, 5) is 12.2. The molecule has 0 spiro atoms. The molecule has 0 aliphatic rings. The number of hydrogen-bond donors (Lipinski definition) is 1. The van der Waals surface area contributed by atoms with Gasteiger partial charge in [-0.15, -0.1) is 0 Å². The van der Waals surface area contributed by atoms with Crippen LogP contribution in [0, 0.1) is 5.92 Å². The Kier molecular flexibility index (Phi) is 7.31. The van der Waals surface area contributed by atoms with E-state index in [0.29, 0.717) is 0 Å². The highest BCUT2D eigenvalue weighted by Gasteiger charge is 2.17. The molecule has 3 nitrogen and oxygen atoms in total. The molecule has 1 unspecified atom stereocenters. The fraction of sp³-hybridized carbons (Fsp3) is 0.588. The summed E-state index contributed by atoms with van der Waals surface area (Å²) < 4.78 is 5.76. The fourth-order valence-electron chi connectivity index (χ4n) is 2.24. The smallest absolute Gasteiger partial charge is 0.227 e. The minimum Gasteiger partial charge on any atom is -0.374 e. The van der Waals surface area contributed by atoms with Crippen molar-refractivity contribution in [3.05, 3.63) is 29.8 Å². The molecule has 1 aromatic carbocycles. The molecule has 1 rings (SSSR count). The van der Waals surface area contributed by atoms with Crippen molar-refractivity contribution in [3.63, 3.8) is 0 Å². The van der Waals surface area contributed by atoms with Crippen LogP contribution in [0.1, 0.15) is 58.6 Å². The molecule has 1 aromatic rings. The Morgan fingerprint density at radius 3 is 2.45 bits per heavy atom. The molecule has 0 radical (unpaired) electrons. The lowest BCUT2D eigenvalue weighted by molar-refractivity contribution is -0.120. The molecule has 1 atom stereocenters. The van der Waals surface area contributed by atoms with E-state index in [-0.39, 0.29) is 17.9 Å². The molecule has 0 heterocycles. The van der Waals surface area contributed by atoms with Crippen LogP contribution in [0.15, 0.2) is 24.3 Å². The van der Waals surface area contributed by atoms with E-state index in [1.54, 1.807) is 0 Å². The van der Waals surface area contributed by atoms with E-state index in [9.17, 15) is 4.79 Å². The lowest BCUT2D eigenvalue weighted by Crippen LogP contribution is -2.22. The second kappa shape index (κ2) is 8.75. The van der Waals surface area contributed by atoms with Gasteiger partial charge < -0.3 is 10.1 Å². The van der Waals surface area contributed by atoms with Crippen LogP contribution in [0.5, 0.6) is 0 Å². The van der Waals surface area contributed by atoms with E-state index < -0.39 is 0 Å². The molecule has 20 heavy (non-hydrogen) atoms. The molecule has 1 amide bonds. The lowest BCUT2D eigenvalue weighted by Gasteiger charge is -2.19. The van der Waals surface area contributed by atoms with Crippen molar-refractivity contribution < 1.29 is 9.53 Å². The van der Waals surface area contributed by atoms with Gasteiger partial charge in [0.15, 0.2) is 0 Å². The van der Waals surface area contributed by atoms with E-state index >= 15 is 0 Å². The normalized spacial score (nSPS) is 12.4. The molecular formula is C17H27NO2. The Balaban J connectivity index is 2.82. The van der Waals surface area contributed by atoms with Crippen molar-refractivity contribution in [1.82, 2.24) is 0 Å². The van der Waals surface area contributed by atoms with Gasteiger partial charge in [0.25, 0.3) is 0 Å². The number of hydrogen-bond acceptors (Lipinski definition) is 2. The molecule has 3 heteroatoms. The van der Waals surface area contributed by atoms with Crippen LogP contribution in [0.25, 0.3) is 0 Å². The highest BCUT2D eigenvalue weighted by Crippen LogP contribution is 2.26. The first-order valence-corrected chi connectivity index (χ1v) is 7.65. The molecule has 0 fully saturated rings. The number of amides is 1. The highest BCUT2D eigenvalue weighted by molar-refractivity contribution is 5.93. The third-order valence-electron chi connectivity index (χ3n) is 3.58. The number of benzene rings is 1. The van der Waals surface area contributed by atoms with Gasteiger partial charge in [-0.2, -0.15) is 0 Å². The number of para-hydroxylation sites is 1. The van der Waals surface area contributed by atoms with Crippen LogP contribution in [-0.4, -0.2) is 12.5 Å². The van der Waals surface area contributed by atoms with E-state index in [1.807, 2.05) is 45.0 Å². The predicted octanol–water partition coefficient (Wildman–Crippen LogP) is 4.55. The zero-order valence-corrected chi connectivity index (χ0v) is 13.1. The van der Waals surface area contributed by atoms with Crippen molar-refractivity contribution in [3.8, 4) is 0 Å². The van der Waals surface area contributed by atoms with Gasteiger partial charge in [0.05, 0.1) is 6.10 Å². The van der Waals surface area contributed by atoms with Gasteiger partial charge in [0, 0.05) is 23.8 Å². The predicted molar refractivity (Wildman–Crippen MR) is 83.8 cm³/mol. The van der Waals surface area contributed by atoms with Gasteiger partial charge in [-0.25, -0.2) is 0 Å². The fourth-order valence-corrected chi connectivity index (χ4v) is 2.24. The van der Waals surface area contributed by atoms with Crippen LogP contribution in [0.3, 0.4) is 0 Å². The molecular weight excluding hydrogens is 250 g/mol. The topological polar surface area (TPSA) is 38.3 Å². The molecule has 1 N–H and O–H groups in total. The van der Waals surface area contributed by atoms with Gasteiger partial charge >= 0.3 is 0 Å². The number of carbonyl (C=O) groups is 1. The summed E-state index contributed by atoms with van der Waals surface area (Å²) in [7, 11) is 0. The van der Waals surface area contributed by atoms with Crippen molar-refractivity contribution in [2.24, 2.45) is 5.92 Å². The maximum Gasteiger partial charge on any atom is 0.227 e. The first kappa shape index (κ1) is 16.7. The summed E-state index contributed by atoms with van der Waals surface area (Å²) in [6, 6.07) is 7.89. The van der Waals surface area contributed by atoms with Crippen LogP contribution < -0.4 is 5.32 Å². The Morgan fingerprint density at radius 2 is 1.85 bits per heavy atom. The third-order valence-corrected chi connectivity index (χ3v) is 3.58. The Labute approximate surface area is 122 Å². The first-order valence-electron chi connectivity index (χ1n) is 7.65. The van der Waals surface area contributed by atoms with Gasteiger partial charge in [-0.05, 0) is 32.3 Å². The molecule has 112 valence electrons. The van der Waals surface area contributed by atoms with Crippen LogP contribution >= 0.6 is 0 Å². The molecule has 0 saturated heterocycles. The molecule has 0 aliphatic carbocycles. The van der Waals surface area contributed by atoms with Crippen molar-refractivity contribution in [2.75, 3.05) is 11.9 Å². The van der Waals surface area contributed by atoms with Crippen LogP contribution in [-0.2, 0) is 9.53 Å². The summed E-state index contributed by atoms with van der Waals surface area (Å²) in [6.45, 7) is 8.94. The zero-order chi connectivity index (χ0) is 15.0. The van der Waals surface area contributed by atoms with Crippen LogP contribution in [0.2, 0.25) is 0 Å². The van der Waals surface area contributed by atoms with Crippen molar-refractivity contribution in [1.29, 1.82) is 0 Å². The Morgan fingerprint density at radius 1 is 1.20 bits per heavy atom. The third kappa shape index (κ3) is 4.64. The largest absolute Gasteiger partial charge is 0.374 e. The lowest BCUT2D eigenvalue weighted by atomic mass is 10.0. The summed E-state index contributed by atoms with van der Waals surface area (Å²) >= 11 is 0. The first-order chi connectivity index (χ1) is 9.63. The molecule has 0 aromatic heterocycles. The van der Waals surface area contributed by atoms with E-state index in [0.717, 1.165) is 37.1 Å². The summed E-state index contributed by atoms with van der Waals surface area (Å²) in [5, 5.41) is 3.05. The molecule has 0 aliphatic heterocycles. The average Bonchev–Trinajstić information content (AvgIpc) is 2.46. The minimum absolute atomic E-state index is 0.00634. The number of nitrogens with one attached hydrogen (secondary N) is 1. The monoisotopic (exact) mass is 277 g/mol. The maximum absolute atomic E-state index is 12.2. The second-order valence-corrected chi connectivity index (χ2v) is 5.10. The average molecular weight is 277 g/mol. The van der Waals surface area contributed by atoms with Crippen LogP contribution in [0.4, 0.5) is 5.69 Å². The second-order valence-electron chi connectivity index (χ2n) is 5.10. The minimum atomic E-state index is -0.00634. The number of anilines is 1. The van der Waals surface area contributed by atoms with E-state index in [2.05, 4.69) is 12.2 Å². The SMILES string of the molecule is CCCOC(C)c1ccccc1NC(=O)C(CC)CC. The maximum atomic E-state index is 12.2. The quantitative estimate of drug-likeness (QED) is 0.757. The van der Waals surface area contributed by atoms with Gasteiger partial charge in [0.2, 0.25) is 5.91 Å². The number of rotatable bonds is 8. The summed E-state index contributed by atoms with van der Waals surface area (Å²) in [5.41, 5.74) is 1.91. The van der Waals surface area contributed by atoms with Gasteiger partial charge in [0.1, 0.15) is 0 Å². The van der Waals surface area contributed by atoms with Crippen molar-refractivity contribution >= 4 is 11.6 Å². The molecule has 0 bridgehead atoms. The standard InChI is InChI=1S/C17H27NO2/c1-5-12-20-13(4)15-10-8-9-11-16(15)18-17(19)14(6-2)7-3/h8-11,13-14H,5-7,12H2,1-4H3,(H,18,19). The zero-order valence-electron chi connectivity index (χ0n) is 13.1. The highest BCUT2D eigenvalue weighted by atomic mass is 16.5. The number of ether oxygens (including phenoxy) is 1.